The summed E-state index contributed by atoms with van der Waals surface area (Å²) in [6.07, 6.45) is 5.28. The second-order valence-corrected chi connectivity index (χ2v) is 10.9. The molecule has 11 nitrogen and oxygen atoms in total. The van der Waals surface area contributed by atoms with Crippen molar-refractivity contribution in [3.8, 4) is 0 Å². The number of rotatable bonds is 7. The molecule has 5 aliphatic rings. The number of nitrogens with zero attached hydrogens (tertiary/aromatic N) is 5. The molecule has 3 aromatic rings. The number of fused-ring (bicyclic) bond motifs is 1. The number of anilines is 2. The lowest BCUT2D eigenvalue weighted by Crippen LogP contribution is -2.68. The van der Waals surface area contributed by atoms with Gasteiger partial charge in [0.25, 0.3) is 0 Å². The van der Waals surface area contributed by atoms with Gasteiger partial charge in [0.1, 0.15) is 17.9 Å². The van der Waals surface area contributed by atoms with Gasteiger partial charge in [0, 0.05) is 55.2 Å². The summed E-state index contributed by atoms with van der Waals surface area (Å²) < 4.78 is 28.1. The molecule has 4 aliphatic carbocycles. The van der Waals surface area contributed by atoms with E-state index in [4.69, 9.17) is 14.5 Å². The summed E-state index contributed by atoms with van der Waals surface area (Å²) in [6.45, 7) is 4.01. The number of carbonyl (C=O) groups is 1. The molecule has 37 heavy (non-hydrogen) atoms. The summed E-state index contributed by atoms with van der Waals surface area (Å²) in [5.41, 5.74) is 2.33. The summed E-state index contributed by atoms with van der Waals surface area (Å²) in [7, 11) is 0. The lowest BCUT2D eigenvalue weighted by Gasteiger charge is -2.61. The van der Waals surface area contributed by atoms with Crippen LogP contribution < -0.4 is 10.6 Å². The predicted molar refractivity (Wildman–Crippen MR) is 131 cm³/mol. The molecule has 2 bridgehead atoms. The number of alkyl halides is 1. The fourth-order valence-corrected chi connectivity index (χ4v) is 6.22. The first kappa shape index (κ1) is 22.9. The van der Waals surface area contributed by atoms with Crippen LogP contribution in [0.15, 0.2) is 24.5 Å². The minimum absolute atomic E-state index is 0.0785. The van der Waals surface area contributed by atoms with E-state index >= 15 is 4.39 Å². The average Bonchev–Trinajstić information content (AvgIpc) is 3.56. The minimum atomic E-state index is -1.29. The molecule has 196 valence electrons. The van der Waals surface area contributed by atoms with Crippen molar-refractivity contribution in [2.75, 3.05) is 31.6 Å². The fourth-order valence-electron chi connectivity index (χ4n) is 6.22. The molecule has 1 aliphatic heterocycles. The van der Waals surface area contributed by atoms with Gasteiger partial charge in [0.2, 0.25) is 5.95 Å². The van der Waals surface area contributed by atoms with Gasteiger partial charge in [-0.15, -0.1) is 0 Å². The van der Waals surface area contributed by atoms with Gasteiger partial charge in [-0.25, -0.2) is 19.2 Å². The molecule has 3 atom stereocenters. The maximum absolute atomic E-state index is 15.3. The first-order chi connectivity index (χ1) is 18.0. The molecule has 8 rings (SSSR count). The molecule has 0 aromatic carbocycles. The number of ether oxygens (including phenoxy) is 2. The van der Waals surface area contributed by atoms with Crippen molar-refractivity contribution in [2.45, 2.75) is 62.4 Å². The van der Waals surface area contributed by atoms with Gasteiger partial charge in [-0.05, 0) is 44.1 Å². The molecule has 4 saturated carbocycles. The Kier molecular flexibility index (Phi) is 5.54. The van der Waals surface area contributed by atoms with Gasteiger partial charge in [0.05, 0.1) is 18.9 Å². The van der Waals surface area contributed by atoms with Crippen LogP contribution in [-0.4, -0.2) is 79.7 Å². The fraction of sp³-hybridized carbons (Fsp3) is 0.600. The van der Waals surface area contributed by atoms with Crippen molar-refractivity contribution < 1.29 is 18.7 Å². The molecular weight excluding hydrogens is 479 g/mol. The molecule has 5 fully saturated rings. The highest BCUT2D eigenvalue weighted by molar-refractivity contribution is 5.69. The molecule has 12 heteroatoms. The quantitative estimate of drug-likeness (QED) is 0.444. The second-order valence-electron chi connectivity index (χ2n) is 10.9. The Balaban J connectivity index is 0.996. The third-order valence-corrected chi connectivity index (χ3v) is 8.32. The highest BCUT2D eigenvalue weighted by Gasteiger charge is 2.58. The van der Waals surface area contributed by atoms with Crippen LogP contribution in [0.2, 0.25) is 0 Å². The van der Waals surface area contributed by atoms with Gasteiger partial charge < -0.3 is 20.1 Å². The number of morpholine rings is 1. The van der Waals surface area contributed by atoms with Crippen LogP contribution in [0.1, 0.15) is 49.4 Å². The van der Waals surface area contributed by atoms with E-state index in [-0.39, 0.29) is 5.54 Å². The highest BCUT2D eigenvalue weighted by Crippen LogP contribution is 2.57. The summed E-state index contributed by atoms with van der Waals surface area (Å²) in [5, 5.41) is 13.5. The van der Waals surface area contributed by atoms with Crippen LogP contribution in [0, 0.1) is 5.92 Å². The van der Waals surface area contributed by atoms with Gasteiger partial charge in [-0.3, -0.25) is 14.4 Å². The molecular formula is C25H31FN8O3. The van der Waals surface area contributed by atoms with Gasteiger partial charge >= 0.3 is 6.09 Å². The van der Waals surface area contributed by atoms with E-state index < -0.39 is 24.3 Å². The lowest BCUT2D eigenvalue weighted by atomic mass is 9.50. The van der Waals surface area contributed by atoms with E-state index in [9.17, 15) is 4.79 Å². The zero-order chi connectivity index (χ0) is 25.0. The van der Waals surface area contributed by atoms with Crippen molar-refractivity contribution in [2.24, 2.45) is 5.92 Å². The van der Waals surface area contributed by atoms with E-state index in [1.807, 2.05) is 16.7 Å². The Morgan fingerprint density at radius 3 is 2.89 bits per heavy atom. The molecule has 1 amide bonds. The SMILES string of the molecule is O=C(NC12CC(C1)C2)O[C@H]1CC[C@@H](c2cc(Nc3nccc4nc(CN5CCOCC5)cn34)n[nH]2)[C@@H]1F. The monoisotopic (exact) mass is 510 g/mol. The van der Waals surface area contributed by atoms with Crippen LogP contribution in [0.3, 0.4) is 0 Å². The first-order valence-corrected chi connectivity index (χ1v) is 13.1. The number of hydrogen-bond donors (Lipinski definition) is 3. The summed E-state index contributed by atoms with van der Waals surface area (Å²) in [5.74, 6) is 1.46. The van der Waals surface area contributed by atoms with Gasteiger partial charge in [-0.2, -0.15) is 5.10 Å². The van der Waals surface area contributed by atoms with Crippen LogP contribution in [0.5, 0.6) is 0 Å². The van der Waals surface area contributed by atoms with Crippen molar-refractivity contribution in [3.63, 3.8) is 0 Å². The van der Waals surface area contributed by atoms with E-state index in [1.54, 1.807) is 12.3 Å². The van der Waals surface area contributed by atoms with Crippen molar-refractivity contribution in [1.82, 2.24) is 34.8 Å². The Morgan fingerprint density at radius 2 is 2.11 bits per heavy atom. The summed E-state index contributed by atoms with van der Waals surface area (Å²) >= 11 is 0. The molecule has 0 unspecified atom stereocenters. The molecule has 1 saturated heterocycles. The topological polar surface area (TPSA) is 122 Å². The zero-order valence-corrected chi connectivity index (χ0v) is 20.5. The maximum Gasteiger partial charge on any atom is 0.407 e. The van der Waals surface area contributed by atoms with Gasteiger partial charge in [0.15, 0.2) is 5.82 Å². The summed E-state index contributed by atoms with van der Waals surface area (Å²) in [6, 6.07) is 3.66. The second kappa shape index (κ2) is 8.95. The molecule has 3 aromatic heterocycles. The van der Waals surface area contributed by atoms with Crippen LogP contribution >= 0.6 is 0 Å². The van der Waals surface area contributed by atoms with E-state index in [1.165, 1.54) is 0 Å². The van der Waals surface area contributed by atoms with Crippen LogP contribution in [0.4, 0.5) is 21.0 Å². The maximum atomic E-state index is 15.3. The van der Waals surface area contributed by atoms with E-state index in [2.05, 4.69) is 30.7 Å². The predicted octanol–water partition coefficient (Wildman–Crippen LogP) is 2.89. The van der Waals surface area contributed by atoms with Gasteiger partial charge in [-0.1, -0.05) is 0 Å². The van der Waals surface area contributed by atoms with Crippen molar-refractivity contribution in [3.05, 3.63) is 35.9 Å². The third kappa shape index (κ3) is 4.31. The Hall–Kier alpha value is -3.25. The lowest BCUT2D eigenvalue weighted by molar-refractivity contribution is -0.0532. The third-order valence-electron chi connectivity index (χ3n) is 8.32. The summed E-state index contributed by atoms with van der Waals surface area (Å²) in [4.78, 5) is 23.8. The number of imidazole rings is 1. The van der Waals surface area contributed by atoms with Crippen LogP contribution in [0.25, 0.3) is 5.65 Å². The smallest absolute Gasteiger partial charge is 0.407 e. The number of carbonyl (C=O) groups excluding carboxylic acids is 1. The number of halogens is 1. The normalized spacial score (nSPS) is 31.1. The number of amides is 1. The number of alkyl carbamates (subject to hydrolysis) is 1. The largest absolute Gasteiger partial charge is 0.443 e. The average molecular weight is 511 g/mol. The van der Waals surface area contributed by atoms with Crippen LogP contribution in [-0.2, 0) is 16.0 Å². The van der Waals surface area contributed by atoms with Crippen molar-refractivity contribution >= 4 is 23.5 Å². The Bertz CT molecular complexity index is 1290. The van der Waals surface area contributed by atoms with E-state index in [0.29, 0.717) is 30.3 Å². The minimum Gasteiger partial charge on any atom is -0.443 e. The first-order valence-electron chi connectivity index (χ1n) is 13.1. The molecule has 0 spiro atoms. The number of hydrogen-bond acceptors (Lipinski definition) is 8. The number of nitrogens with one attached hydrogen (secondary N) is 3. The van der Waals surface area contributed by atoms with E-state index in [0.717, 1.165) is 69.4 Å². The Labute approximate surface area is 213 Å². The highest BCUT2D eigenvalue weighted by atomic mass is 19.1. The molecule has 3 N–H and O–H groups in total. The number of H-pyrrole nitrogens is 1. The number of aromatic amines is 1. The molecule has 0 radical (unpaired) electrons. The zero-order valence-electron chi connectivity index (χ0n) is 20.5. The van der Waals surface area contributed by atoms with Crippen molar-refractivity contribution in [1.29, 1.82) is 0 Å². The molecule has 4 heterocycles. The number of aromatic nitrogens is 5. The Morgan fingerprint density at radius 1 is 1.27 bits per heavy atom. The standard InChI is InChI=1S/C25H31FN8O3/c26-22-17(1-2-19(22)37-24(35)30-25-10-15(11-25)12-25)18-9-20(32-31-18)29-23-27-4-3-21-28-16(14-34(21)23)13-33-5-7-36-8-6-33/h3-4,9,14-15,17,19,22H,1-2,5-8,10-13H2,(H,30,35)(H2,27,29,31,32)/t15?,17-,19-,22-,25?/m0/s1.